The predicted octanol–water partition coefficient (Wildman–Crippen LogP) is 4.64. The van der Waals surface area contributed by atoms with Gasteiger partial charge in [-0.2, -0.15) is 0 Å². The Morgan fingerprint density at radius 2 is 1.80 bits per heavy atom. The molecule has 2 fully saturated rings. The Morgan fingerprint density at radius 3 is 2.32 bits per heavy atom. The normalized spacial score (nSPS) is 37.2. The highest BCUT2D eigenvalue weighted by Crippen LogP contribution is 2.64. The molecule has 0 amide bonds. The van der Waals surface area contributed by atoms with E-state index < -0.39 is 19.5 Å². The van der Waals surface area contributed by atoms with Crippen molar-refractivity contribution in [3.63, 3.8) is 0 Å². The van der Waals surface area contributed by atoms with Crippen LogP contribution in [0.25, 0.3) is 0 Å². The lowest BCUT2D eigenvalue weighted by Crippen LogP contribution is -2.67. The molecule has 2 bridgehead atoms. The third kappa shape index (κ3) is 2.51. The van der Waals surface area contributed by atoms with Crippen molar-refractivity contribution in [1.82, 2.24) is 0 Å². The molecule has 0 N–H and O–H groups in total. The van der Waals surface area contributed by atoms with Crippen LogP contribution in [0.15, 0.2) is 10.6 Å². The summed E-state index contributed by atoms with van der Waals surface area (Å²) in [7, 11) is 1.16. The van der Waals surface area contributed by atoms with Gasteiger partial charge in [-0.3, -0.25) is 4.79 Å². The first kappa shape index (κ1) is 19.7. The van der Waals surface area contributed by atoms with E-state index in [9.17, 15) is 4.79 Å². The number of carbonyl (C=O) groups is 1. The predicted molar refractivity (Wildman–Crippen MR) is 104 cm³/mol. The van der Waals surface area contributed by atoms with Crippen LogP contribution in [0, 0.1) is 17.3 Å². The highest BCUT2D eigenvalue weighted by Gasteiger charge is 2.71. The van der Waals surface area contributed by atoms with Crippen LogP contribution in [0.4, 0.5) is 0 Å². The highest BCUT2D eigenvalue weighted by molar-refractivity contribution is 9.11. The highest BCUT2D eigenvalue weighted by atomic mass is 79.9. The van der Waals surface area contributed by atoms with E-state index in [0.717, 1.165) is 23.7 Å². The molecule has 6 heteroatoms. The Morgan fingerprint density at radius 1 is 1.20 bits per heavy atom. The molecule has 4 aliphatic rings. The molecule has 4 aliphatic carbocycles. The van der Waals surface area contributed by atoms with Gasteiger partial charge in [-0.1, -0.05) is 42.8 Å². The lowest BCUT2D eigenvalue weighted by Gasteiger charge is -2.56. The molecule has 1 spiro atoms. The van der Waals surface area contributed by atoms with E-state index in [0.29, 0.717) is 5.92 Å². The third-order valence-electron chi connectivity index (χ3n) is 7.23. The number of fused-ring (bicyclic) bond motifs is 1. The van der Waals surface area contributed by atoms with Crippen molar-refractivity contribution in [3.05, 3.63) is 10.6 Å². The first-order chi connectivity index (χ1) is 11.5. The first-order valence-electron chi connectivity index (χ1n) is 9.17. The average molecular weight is 431 g/mol. The van der Waals surface area contributed by atoms with E-state index in [-0.39, 0.29) is 22.8 Å². The van der Waals surface area contributed by atoms with Crippen LogP contribution >= 0.6 is 15.9 Å². The van der Waals surface area contributed by atoms with Crippen molar-refractivity contribution in [1.29, 1.82) is 0 Å². The zero-order chi connectivity index (χ0) is 18.8. The Hall–Kier alpha value is -0.0131. The number of carbonyl (C=O) groups excluding carboxylic acids is 1. The van der Waals surface area contributed by atoms with E-state index in [4.69, 9.17) is 13.9 Å². The van der Waals surface area contributed by atoms with Crippen LogP contribution in [-0.2, 0) is 18.7 Å². The van der Waals surface area contributed by atoms with Crippen LogP contribution in [-0.4, -0.2) is 40.2 Å². The van der Waals surface area contributed by atoms with E-state index in [2.05, 4.69) is 55.9 Å². The molecule has 25 heavy (non-hydrogen) atoms. The van der Waals surface area contributed by atoms with Gasteiger partial charge < -0.3 is 13.9 Å². The summed E-state index contributed by atoms with van der Waals surface area (Å²) in [5.74, 6) is -0.882. The summed E-state index contributed by atoms with van der Waals surface area (Å²) in [5.41, 5.74) is -0.630. The van der Waals surface area contributed by atoms with Crippen LogP contribution in [0.2, 0.25) is 18.1 Å². The van der Waals surface area contributed by atoms with Gasteiger partial charge in [-0.15, -0.1) is 0 Å². The standard InChI is InChI=1S/C19H31BrO4Si/c1-17(2,3)25(6,7)24-15-9-8-12-10-13-14(20)11-18(12,15)16(21)19(13,22-4)23-5/h11-13,15H,8-10H2,1-7H3/t12-,13?,15-,18?/m0/s1. The molecule has 0 aromatic heterocycles. The Balaban J connectivity index is 2.06. The fourth-order valence-electron chi connectivity index (χ4n) is 4.78. The molecule has 0 heterocycles. The molecule has 0 saturated heterocycles. The minimum Gasteiger partial charge on any atom is -0.413 e. The van der Waals surface area contributed by atoms with Crippen molar-refractivity contribution in [2.75, 3.05) is 14.2 Å². The van der Waals surface area contributed by atoms with Gasteiger partial charge in [0.1, 0.15) is 0 Å². The summed E-state index contributed by atoms with van der Waals surface area (Å²) in [6.07, 6.45) is 4.90. The molecule has 4 atom stereocenters. The van der Waals surface area contributed by atoms with Crippen LogP contribution in [0.1, 0.15) is 40.0 Å². The second-order valence-corrected chi connectivity index (χ2v) is 15.0. The van der Waals surface area contributed by atoms with Crippen molar-refractivity contribution in [2.24, 2.45) is 17.3 Å². The molecule has 4 nitrogen and oxygen atoms in total. The fourth-order valence-corrected chi connectivity index (χ4v) is 7.02. The number of methoxy groups -OCH3 is 2. The number of rotatable bonds is 4. The van der Waals surface area contributed by atoms with Crippen molar-refractivity contribution in [2.45, 2.75) is 70.1 Å². The molecule has 142 valence electrons. The smallest absolute Gasteiger partial charge is 0.237 e. The molecular weight excluding hydrogens is 400 g/mol. The molecule has 0 radical (unpaired) electrons. The lowest BCUT2D eigenvalue weighted by atomic mass is 9.56. The number of Topliss-reactive ketones (excluding diaryl/α,β-unsaturated/α-hetero) is 1. The lowest BCUT2D eigenvalue weighted by molar-refractivity contribution is -0.250. The van der Waals surface area contributed by atoms with Crippen LogP contribution in [0.3, 0.4) is 0 Å². The minimum absolute atomic E-state index is 0.0515. The molecule has 4 rings (SSSR count). The maximum Gasteiger partial charge on any atom is 0.237 e. The van der Waals surface area contributed by atoms with Crippen LogP contribution in [0.5, 0.6) is 0 Å². The van der Waals surface area contributed by atoms with E-state index in [1.54, 1.807) is 14.2 Å². The number of ether oxygens (including phenoxy) is 2. The molecule has 2 saturated carbocycles. The van der Waals surface area contributed by atoms with Gasteiger partial charge >= 0.3 is 0 Å². The first-order valence-corrected chi connectivity index (χ1v) is 12.9. The van der Waals surface area contributed by atoms with Gasteiger partial charge in [-0.25, -0.2) is 0 Å². The molecule has 2 unspecified atom stereocenters. The summed E-state index contributed by atoms with van der Waals surface area (Å²) < 4.78 is 19.2. The summed E-state index contributed by atoms with van der Waals surface area (Å²) in [6.45, 7) is 11.2. The SMILES string of the molecule is COC1(OC)C(=O)C23C=C(Br)C1C[C@@H]2CC[C@@H]3O[Si](C)(C)C(C)(C)C. The Kier molecular flexibility index (Phi) is 4.73. The molecular formula is C19H31BrO4Si. The van der Waals surface area contributed by atoms with E-state index in [1.165, 1.54) is 0 Å². The van der Waals surface area contributed by atoms with Gasteiger partial charge in [0, 0.05) is 18.7 Å². The maximum absolute atomic E-state index is 13.7. The summed E-state index contributed by atoms with van der Waals surface area (Å²) in [5, 5.41) is 0.108. The quantitative estimate of drug-likeness (QED) is 0.481. The average Bonchev–Trinajstić information content (AvgIpc) is 2.86. The Bertz CT molecular complexity index is 605. The van der Waals surface area contributed by atoms with Gasteiger partial charge in [0.2, 0.25) is 11.6 Å². The molecule has 0 aliphatic heterocycles. The number of hydrogen-bond acceptors (Lipinski definition) is 4. The maximum atomic E-state index is 13.7. The number of halogens is 1. The summed E-state index contributed by atoms with van der Waals surface area (Å²) in [4.78, 5) is 13.7. The summed E-state index contributed by atoms with van der Waals surface area (Å²) >= 11 is 3.71. The van der Waals surface area contributed by atoms with Crippen molar-refractivity contribution in [3.8, 4) is 0 Å². The molecule has 0 aromatic rings. The van der Waals surface area contributed by atoms with Crippen LogP contribution < -0.4 is 0 Å². The van der Waals surface area contributed by atoms with E-state index in [1.807, 2.05) is 0 Å². The van der Waals surface area contributed by atoms with E-state index >= 15 is 0 Å². The third-order valence-corrected chi connectivity index (χ3v) is 12.5. The van der Waals surface area contributed by atoms with Crippen molar-refractivity contribution >= 4 is 30.0 Å². The van der Waals surface area contributed by atoms with Crippen molar-refractivity contribution < 1.29 is 18.7 Å². The second-order valence-electron chi connectivity index (χ2n) is 9.30. The van der Waals surface area contributed by atoms with Gasteiger partial charge in [0.15, 0.2) is 8.32 Å². The monoisotopic (exact) mass is 430 g/mol. The zero-order valence-electron chi connectivity index (χ0n) is 16.4. The van der Waals surface area contributed by atoms with Gasteiger partial charge in [0.05, 0.1) is 17.4 Å². The molecule has 0 aromatic carbocycles. The number of ketones is 1. The van der Waals surface area contributed by atoms with Gasteiger partial charge in [-0.05, 0) is 43.3 Å². The fraction of sp³-hybridized carbons (Fsp3) is 0.842. The van der Waals surface area contributed by atoms with Gasteiger partial charge in [0.25, 0.3) is 0 Å². The number of hydrogen-bond donors (Lipinski definition) is 0. The Labute approximate surface area is 160 Å². The minimum atomic E-state index is -1.99. The largest absolute Gasteiger partial charge is 0.413 e. The topological polar surface area (TPSA) is 44.8 Å². The zero-order valence-corrected chi connectivity index (χ0v) is 19.0. The summed E-state index contributed by atoms with van der Waals surface area (Å²) in [6, 6.07) is 0. The second kappa shape index (κ2) is 5.99.